The van der Waals surface area contributed by atoms with Crippen molar-refractivity contribution in [2.45, 2.75) is 18.1 Å². The predicted octanol–water partition coefficient (Wildman–Crippen LogP) is 4.75. The molecule has 32 heavy (non-hydrogen) atoms. The van der Waals surface area contributed by atoms with E-state index in [2.05, 4.69) is 22.3 Å². The van der Waals surface area contributed by atoms with E-state index in [9.17, 15) is 9.18 Å². The Hall–Kier alpha value is -3.45. The zero-order valence-corrected chi connectivity index (χ0v) is 18.5. The van der Waals surface area contributed by atoms with Crippen molar-refractivity contribution in [3.63, 3.8) is 0 Å². The molecule has 0 N–H and O–H groups in total. The molecule has 5 nitrogen and oxygen atoms in total. The number of carbonyl (C=O) groups excluding carboxylic acids is 1. The average Bonchev–Trinajstić information content (AvgIpc) is 3.21. The lowest BCUT2D eigenvalue weighted by molar-refractivity contribution is -0.127. The molecule has 7 heteroatoms. The summed E-state index contributed by atoms with van der Waals surface area (Å²) < 4.78 is 15.4. The van der Waals surface area contributed by atoms with Crippen molar-refractivity contribution in [1.82, 2.24) is 19.7 Å². The predicted molar refractivity (Wildman–Crippen MR) is 124 cm³/mol. The standard InChI is InChI=1S/C25H23FN4OS/c1-29(17-20-11-8-12-21(26)15-20)24(31)18-32-25-28-27-23(16-19-9-4-2-5-10-19)30(25)22-13-6-3-7-14-22/h2-15H,16-18H2,1H3. The molecule has 0 spiro atoms. The van der Waals surface area contributed by atoms with Crippen LogP contribution in [0.1, 0.15) is 17.0 Å². The molecule has 4 rings (SSSR count). The van der Waals surface area contributed by atoms with Crippen LogP contribution in [-0.4, -0.2) is 38.4 Å². The zero-order valence-electron chi connectivity index (χ0n) is 17.7. The van der Waals surface area contributed by atoms with E-state index in [0.29, 0.717) is 18.1 Å². The van der Waals surface area contributed by atoms with Gasteiger partial charge in [0.25, 0.3) is 0 Å². The molecule has 0 fully saturated rings. The second-order valence-electron chi connectivity index (χ2n) is 7.40. The third kappa shape index (κ3) is 5.42. The van der Waals surface area contributed by atoms with Gasteiger partial charge in [0.1, 0.15) is 11.6 Å². The Morgan fingerprint density at radius 1 is 0.938 bits per heavy atom. The van der Waals surface area contributed by atoms with Crippen LogP contribution in [0.5, 0.6) is 0 Å². The van der Waals surface area contributed by atoms with Gasteiger partial charge in [0.15, 0.2) is 5.16 Å². The van der Waals surface area contributed by atoms with Crippen molar-refractivity contribution in [3.8, 4) is 5.69 Å². The van der Waals surface area contributed by atoms with Gasteiger partial charge in [-0.1, -0.05) is 72.4 Å². The van der Waals surface area contributed by atoms with Crippen LogP contribution in [-0.2, 0) is 17.8 Å². The first-order chi connectivity index (χ1) is 15.6. The summed E-state index contributed by atoms with van der Waals surface area (Å²) in [5.41, 5.74) is 2.84. The maximum atomic E-state index is 13.4. The Morgan fingerprint density at radius 2 is 1.62 bits per heavy atom. The molecule has 1 heterocycles. The summed E-state index contributed by atoms with van der Waals surface area (Å²) in [5, 5.41) is 9.45. The first-order valence-electron chi connectivity index (χ1n) is 10.2. The van der Waals surface area contributed by atoms with Crippen LogP contribution < -0.4 is 0 Å². The topological polar surface area (TPSA) is 51.0 Å². The first-order valence-corrected chi connectivity index (χ1v) is 11.2. The third-order valence-electron chi connectivity index (χ3n) is 4.98. The summed E-state index contributed by atoms with van der Waals surface area (Å²) in [4.78, 5) is 14.3. The minimum absolute atomic E-state index is 0.0634. The fourth-order valence-electron chi connectivity index (χ4n) is 3.36. The molecule has 0 bridgehead atoms. The number of amides is 1. The molecule has 4 aromatic rings. The molecular weight excluding hydrogens is 423 g/mol. The SMILES string of the molecule is CN(Cc1cccc(F)c1)C(=O)CSc1nnc(Cc2ccccc2)n1-c1ccccc1. The molecule has 0 radical (unpaired) electrons. The van der Waals surface area contributed by atoms with E-state index >= 15 is 0 Å². The normalized spacial score (nSPS) is 10.8. The number of aromatic nitrogens is 3. The quantitative estimate of drug-likeness (QED) is 0.367. The van der Waals surface area contributed by atoms with Gasteiger partial charge in [0.2, 0.25) is 5.91 Å². The van der Waals surface area contributed by atoms with Crippen LogP contribution in [0.2, 0.25) is 0 Å². The van der Waals surface area contributed by atoms with Gasteiger partial charge in [0.05, 0.1) is 5.75 Å². The monoisotopic (exact) mass is 446 g/mol. The largest absolute Gasteiger partial charge is 0.341 e. The lowest BCUT2D eigenvalue weighted by Crippen LogP contribution is -2.28. The van der Waals surface area contributed by atoms with Gasteiger partial charge in [-0.3, -0.25) is 9.36 Å². The van der Waals surface area contributed by atoms with Gasteiger partial charge >= 0.3 is 0 Å². The van der Waals surface area contributed by atoms with Crippen molar-refractivity contribution in [2.75, 3.05) is 12.8 Å². The molecule has 1 aromatic heterocycles. The van der Waals surface area contributed by atoms with Crippen molar-refractivity contribution in [2.24, 2.45) is 0 Å². The summed E-state index contributed by atoms with van der Waals surface area (Å²) in [5.74, 6) is 0.652. The zero-order chi connectivity index (χ0) is 22.3. The Morgan fingerprint density at radius 3 is 2.34 bits per heavy atom. The van der Waals surface area contributed by atoms with Crippen LogP contribution >= 0.6 is 11.8 Å². The van der Waals surface area contributed by atoms with Gasteiger partial charge in [-0.2, -0.15) is 0 Å². The van der Waals surface area contributed by atoms with Crippen molar-refractivity contribution >= 4 is 17.7 Å². The van der Waals surface area contributed by atoms with Crippen molar-refractivity contribution < 1.29 is 9.18 Å². The molecule has 0 unspecified atom stereocenters. The highest BCUT2D eigenvalue weighted by Crippen LogP contribution is 2.24. The van der Waals surface area contributed by atoms with E-state index in [0.717, 1.165) is 22.6 Å². The number of para-hydroxylation sites is 1. The van der Waals surface area contributed by atoms with E-state index in [1.165, 1.54) is 23.9 Å². The van der Waals surface area contributed by atoms with E-state index < -0.39 is 0 Å². The van der Waals surface area contributed by atoms with Gasteiger partial charge in [0, 0.05) is 25.7 Å². The van der Waals surface area contributed by atoms with Gasteiger partial charge < -0.3 is 4.90 Å². The summed E-state index contributed by atoms with van der Waals surface area (Å²) in [6, 6.07) is 26.3. The Balaban J connectivity index is 1.50. The molecule has 3 aromatic carbocycles. The Bertz CT molecular complexity index is 1180. The van der Waals surface area contributed by atoms with E-state index in [1.54, 1.807) is 18.0 Å². The molecule has 0 saturated carbocycles. The fourth-order valence-corrected chi connectivity index (χ4v) is 4.27. The Kier molecular flexibility index (Phi) is 6.97. The lowest BCUT2D eigenvalue weighted by Gasteiger charge is -2.17. The second-order valence-corrected chi connectivity index (χ2v) is 8.34. The molecule has 0 aliphatic carbocycles. The number of carbonyl (C=O) groups is 1. The van der Waals surface area contributed by atoms with E-state index in [-0.39, 0.29) is 17.5 Å². The van der Waals surface area contributed by atoms with Crippen LogP contribution in [0.4, 0.5) is 4.39 Å². The second kappa shape index (κ2) is 10.2. The third-order valence-corrected chi connectivity index (χ3v) is 5.89. The Labute approximate surface area is 190 Å². The molecule has 0 saturated heterocycles. The van der Waals surface area contributed by atoms with Gasteiger partial charge in [-0.25, -0.2) is 4.39 Å². The number of thioether (sulfide) groups is 1. The van der Waals surface area contributed by atoms with Crippen molar-refractivity contribution in [1.29, 1.82) is 0 Å². The van der Waals surface area contributed by atoms with Crippen LogP contribution in [0.3, 0.4) is 0 Å². The molecule has 0 atom stereocenters. The number of hydrogen-bond donors (Lipinski definition) is 0. The molecule has 0 aliphatic heterocycles. The average molecular weight is 447 g/mol. The van der Waals surface area contributed by atoms with E-state index in [4.69, 9.17) is 0 Å². The number of halogens is 1. The van der Waals surface area contributed by atoms with Crippen LogP contribution in [0.25, 0.3) is 5.69 Å². The minimum Gasteiger partial charge on any atom is -0.341 e. The summed E-state index contributed by atoms with van der Waals surface area (Å²) in [6.07, 6.45) is 0.636. The maximum absolute atomic E-state index is 13.4. The number of rotatable bonds is 8. The fraction of sp³-hybridized carbons (Fsp3) is 0.160. The number of nitrogens with zero attached hydrogens (tertiary/aromatic N) is 4. The highest BCUT2D eigenvalue weighted by atomic mass is 32.2. The molecule has 162 valence electrons. The maximum Gasteiger partial charge on any atom is 0.233 e. The lowest BCUT2D eigenvalue weighted by atomic mass is 10.1. The molecule has 1 amide bonds. The summed E-state index contributed by atoms with van der Waals surface area (Å²) >= 11 is 1.35. The highest BCUT2D eigenvalue weighted by molar-refractivity contribution is 7.99. The van der Waals surface area contributed by atoms with Crippen LogP contribution in [0, 0.1) is 5.82 Å². The minimum atomic E-state index is -0.306. The van der Waals surface area contributed by atoms with Crippen molar-refractivity contribution in [3.05, 3.63) is 108 Å². The molecular formula is C25H23FN4OS. The van der Waals surface area contributed by atoms with Crippen LogP contribution in [0.15, 0.2) is 90.1 Å². The van der Waals surface area contributed by atoms with Gasteiger partial charge in [-0.15, -0.1) is 10.2 Å². The smallest absolute Gasteiger partial charge is 0.233 e. The number of hydrogen-bond acceptors (Lipinski definition) is 4. The number of benzene rings is 3. The summed E-state index contributed by atoms with van der Waals surface area (Å²) in [7, 11) is 1.72. The van der Waals surface area contributed by atoms with E-state index in [1.807, 2.05) is 59.2 Å². The van der Waals surface area contributed by atoms with Gasteiger partial charge in [-0.05, 0) is 35.4 Å². The summed E-state index contributed by atoms with van der Waals surface area (Å²) in [6.45, 7) is 0.349. The first kappa shape index (κ1) is 21.8. The highest BCUT2D eigenvalue weighted by Gasteiger charge is 2.17. The molecule has 0 aliphatic rings.